The van der Waals surface area contributed by atoms with Gasteiger partial charge in [0, 0.05) is 19.5 Å². The molecular formula is C15H27NO2. The van der Waals surface area contributed by atoms with Gasteiger partial charge in [0.25, 0.3) is 0 Å². The Hall–Kier alpha value is -0.380. The molecule has 3 heteroatoms. The average Bonchev–Trinajstić information content (AvgIpc) is 2.75. The van der Waals surface area contributed by atoms with Gasteiger partial charge in [-0.15, -0.1) is 0 Å². The van der Waals surface area contributed by atoms with E-state index >= 15 is 0 Å². The number of nitrogens with one attached hydrogen (secondary N) is 1. The van der Waals surface area contributed by atoms with Gasteiger partial charge in [0.1, 0.15) is 0 Å². The molecule has 104 valence electrons. The summed E-state index contributed by atoms with van der Waals surface area (Å²) in [5, 5.41) is 3.57. The largest absolute Gasteiger partial charge is 0.348 e. The van der Waals surface area contributed by atoms with Gasteiger partial charge >= 0.3 is 0 Å². The van der Waals surface area contributed by atoms with Gasteiger partial charge in [0.15, 0.2) is 5.79 Å². The van der Waals surface area contributed by atoms with Gasteiger partial charge in [0.05, 0.1) is 13.2 Å². The van der Waals surface area contributed by atoms with E-state index in [1.165, 1.54) is 12.8 Å². The van der Waals surface area contributed by atoms with Crippen LogP contribution in [-0.2, 0) is 9.47 Å². The summed E-state index contributed by atoms with van der Waals surface area (Å²) in [5.74, 6) is 1.16. The first kappa shape index (κ1) is 14.0. The highest BCUT2D eigenvalue weighted by Gasteiger charge is 2.30. The van der Waals surface area contributed by atoms with Crippen LogP contribution in [0.2, 0.25) is 0 Å². The quantitative estimate of drug-likeness (QED) is 0.603. The predicted octanol–water partition coefficient (Wildman–Crippen LogP) is 2.72. The van der Waals surface area contributed by atoms with Crippen LogP contribution in [0.5, 0.6) is 0 Å². The fourth-order valence-corrected chi connectivity index (χ4v) is 3.01. The summed E-state index contributed by atoms with van der Waals surface area (Å²) in [6, 6.07) is 0. The Balaban J connectivity index is 1.68. The Morgan fingerprint density at radius 2 is 2.11 bits per heavy atom. The smallest absolute Gasteiger partial charge is 0.166 e. The molecule has 2 unspecified atom stereocenters. The molecule has 0 aromatic carbocycles. The first-order chi connectivity index (χ1) is 8.61. The van der Waals surface area contributed by atoms with E-state index in [1.54, 1.807) is 5.57 Å². The van der Waals surface area contributed by atoms with Crippen molar-refractivity contribution in [1.29, 1.82) is 0 Å². The Bertz CT molecular complexity index is 295. The van der Waals surface area contributed by atoms with Gasteiger partial charge in [0.2, 0.25) is 0 Å². The van der Waals surface area contributed by atoms with Crippen molar-refractivity contribution in [3.63, 3.8) is 0 Å². The molecule has 0 aromatic rings. The average molecular weight is 253 g/mol. The first-order valence-corrected chi connectivity index (χ1v) is 7.26. The number of rotatable bonds is 5. The second-order valence-electron chi connectivity index (χ2n) is 5.89. The van der Waals surface area contributed by atoms with Gasteiger partial charge < -0.3 is 14.8 Å². The molecule has 2 aliphatic rings. The third-order valence-electron chi connectivity index (χ3n) is 4.38. The minimum Gasteiger partial charge on any atom is -0.348 e. The molecule has 1 fully saturated rings. The molecule has 0 bridgehead atoms. The minimum atomic E-state index is -0.351. The highest BCUT2D eigenvalue weighted by Crippen LogP contribution is 2.29. The van der Waals surface area contributed by atoms with E-state index < -0.39 is 0 Å². The van der Waals surface area contributed by atoms with E-state index in [0.717, 1.165) is 38.6 Å². The maximum atomic E-state index is 5.60. The fourth-order valence-electron chi connectivity index (χ4n) is 3.01. The summed E-state index contributed by atoms with van der Waals surface area (Å²) in [7, 11) is 0. The van der Waals surface area contributed by atoms with Crippen LogP contribution in [0.1, 0.15) is 40.0 Å². The van der Waals surface area contributed by atoms with Crippen LogP contribution in [-0.4, -0.2) is 32.1 Å². The van der Waals surface area contributed by atoms with E-state index in [1.807, 2.05) is 6.92 Å². The van der Waals surface area contributed by atoms with Crippen LogP contribution >= 0.6 is 0 Å². The van der Waals surface area contributed by atoms with Crippen LogP contribution in [0, 0.1) is 11.8 Å². The third kappa shape index (κ3) is 3.56. The molecule has 0 aromatic heterocycles. The molecule has 3 nitrogen and oxygen atoms in total. The van der Waals surface area contributed by atoms with Gasteiger partial charge in [-0.25, -0.2) is 0 Å². The summed E-state index contributed by atoms with van der Waals surface area (Å²) in [6.45, 7) is 10.2. The topological polar surface area (TPSA) is 30.5 Å². The van der Waals surface area contributed by atoms with Crippen molar-refractivity contribution >= 4 is 0 Å². The van der Waals surface area contributed by atoms with E-state index in [9.17, 15) is 0 Å². The normalized spacial score (nSPS) is 31.4. The Kier molecular flexibility index (Phi) is 4.82. The number of ether oxygens (including phenoxy) is 2. The Labute approximate surface area is 111 Å². The van der Waals surface area contributed by atoms with Crippen molar-refractivity contribution in [3.05, 3.63) is 11.6 Å². The molecule has 2 rings (SSSR count). The number of hydrogen-bond acceptors (Lipinski definition) is 3. The van der Waals surface area contributed by atoms with Crippen molar-refractivity contribution in [2.24, 2.45) is 11.8 Å². The molecule has 1 saturated heterocycles. The van der Waals surface area contributed by atoms with Gasteiger partial charge in [-0.2, -0.15) is 0 Å². The van der Waals surface area contributed by atoms with Crippen molar-refractivity contribution in [1.82, 2.24) is 5.32 Å². The van der Waals surface area contributed by atoms with Crippen molar-refractivity contribution in [2.75, 3.05) is 26.3 Å². The standard InChI is InChI=1S/C15H27NO2/c1-12-5-4-6-13(2)14(12)11-16-8-7-15(3)17-9-10-18-15/h5,13-14,16H,4,6-11H2,1-3H3. The fraction of sp³-hybridized carbons (Fsp3) is 0.867. The van der Waals surface area contributed by atoms with E-state index in [-0.39, 0.29) is 5.79 Å². The van der Waals surface area contributed by atoms with E-state index in [2.05, 4.69) is 25.2 Å². The Morgan fingerprint density at radius 1 is 1.39 bits per heavy atom. The summed E-state index contributed by atoms with van der Waals surface area (Å²) in [5.41, 5.74) is 1.56. The molecule has 0 saturated carbocycles. The molecule has 18 heavy (non-hydrogen) atoms. The predicted molar refractivity (Wildman–Crippen MR) is 73.4 cm³/mol. The van der Waals surface area contributed by atoms with Crippen LogP contribution in [0.25, 0.3) is 0 Å². The van der Waals surface area contributed by atoms with Gasteiger partial charge in [-0.1, -0.05) is 18.6 Å². The summed E-state index contributed by atoms with van der Waals surface area (Å²) in [6.07, 6.45) is 5.91. The Morgan fingerprint density at radius 3 is 2.78 bits per heavy atom. The number of allylic oxidation sites excluding steroid dienone is 1. The van der Waals surface area contributed by atoms with Crippen LogP contribution in [0.3, 0.4) is 0 Å². The molecular weight excluding hydrogens is 226 g/mol. The highest BCUT2D eigenvalue weighted by atomic mass is 16.7. The molecule has 0 spiro atoms. The maximum absolute atomic E-state index is 5.60. The molecule has 1 heterocycles. The molecule has 0 amide bonds. The monoisotopic (exact) mass is 253 g/mol. The van der Waals surface area contributed by atoms with Gasteiger partial charge in [-0.3, -0.25) is 0 Å². The SMILES string of the molecule is CC1=CCCC(C)C1CNCCC1(C)OCCO1. The summed E-state index contributed by atoms with van der Waals surface area (Å²) < 4.78 is 11.2. The lowest BCUT2D eigenvalue weighted by atomic mass is 9.80. The zero-order chi connectivity index (χ0) is 13.0. The minimum absolute atomic E-state index is 0.351. The molecule has 1 aliphatic carbocycles. The van der Waals surface area contributed by atoms with Crippen LogP contribution in [0.15, 0.2) is 11.6 Å². The molecule has 1 aliphatic heterocycles. The zero-order valence-electron chi connectivity index (χ0n) is 12.0. The second-order valence-corrected chi connectivity index (χ2v) is 5.89. The lowest BCUT2D eigenvalue weighted by molar-refractivity contribution is -0.145. The number of hydrogen-bond donors (Lipinski definition) is 1. The van der Waals surface area contributed by atoms with E-state index in [4.69, 9.17) is 9.47 Å². The molecule has 0 radical (unpaired) electrons. The van der Waals surface area contributed by atoms with Crippen LogP contribution in [0.4, 0.5) is 0 Å². The lowest BCUT2D eigenvalue weighted by Crippen LogP contribution is -2.35. The highest BCUT2D eigenvalue weighted by molar-refractivity contribution is 5.09. The van der Waals surface area contributed by atoms with Crippen LogP contribution < -0.4 is 5.32 Å². The third-order valence-corrected chi connectivity index (χ3v) is 4.38. The van der Waals surface area contributed by atoms with Gasteiger partial charge in [-0.05, 0) is 38.5 Å². The zero-order valence-corrected chi connectivity index (χ0v) is 12.0. The van der Waals surface area contributed by atoms with Crippen molar-refractivity contribution in [2.45, 2.75) is 45.8 Å². The van der Waals surface area contributed by atoms with Crippen molar-refractivity contribution < 1.29 is 9.47 Å². The summed E-state index contributed by atoms with van der Waals surface area (Å²) >= 11 is 0. The maximum Gasteiger partial charge on any atom is 0.166 e. The summed E-state index contributed by atoms with van der Waals surface area (Å²) in [4.78, 5) is 0. The molecule has 2 atom stereocenters. The van der Waals surface area contributed by atoms with E-state index in [0.29, 0.717) is 5.92 Å². The second kappa shape index (κ2) is 6.18. The lowest BCUT2D eigenvalue weighted by Gasteiger charge is -2.29. The van der Waals surface area contributed by atoms with Crippen molar-refractivity contribution in [3.8, 4) is 0 Å². The first-order valence-electron chi connectivity index (χ1n) is 7.26. The molecule has 1 N–H and O–H groups in total.